The maximum Gasteiger partial charge on any atom is 0.328 e. The van der Waals surface area contributed by atoms with E-state index >= 15 is 0 Å². The van der Waals surface area contributed by atoms with Crippen molar-refractivity contribution in [2.24, 2.45) is 11.7 Å². The normalized spacial score (nSPS) is 13.3. The molecule has 0 aromatic rings. The molecule has 1 atom stereocenters. The monoisotopic (exact) mass is 258 g/mol. The van der Waals surface area contributed by atoms with Gasteiger partial charge in [-0.2, -0.15) is 0 Å². The Morgan fingerprint density at radius 2 is 1.78 bits per heavy atom. The van der Waals surface area contributed by atoms with Gasteiger partial charge in [-0.05, 0) is 25.2 Å². The topological polar surface area (TPSA) is 81.4 Å². The minimum atomic E-state index is -0.913. The fourth-order valence-electron chi connectivity index (χ4n) is 1.70. The summed E-state index contributed by atoms with van der Waals surface area (Å²) in [7, 11) is 1.32. The van der Waals surface area contributed by atoms with E-state index in [1.54, 1.807) is 0 Å². The summed E-state index contributed by atoms with van der Waals surface area (Å²) in [5.41, 5.74) is 5.08. The number of hydrogen-bond donors (Lipinski definition) is 2. The summed E-state index contributed by atoms with van der Waals surface area (Å²) in [5.74, 6) is -0.431. The van der Waals surface area contributed by atoms with Crippen molar-refractivity contribution in [2.75, 3.05) is 7.11 Å². The summed E-state index contributed by atoms with van der Waals surface area (Å²) in [4.78, 5) is 23.7. The van der Waals surface area contributed by atoms with Gasteiger partial charge < -0.3 is 15.8 Å². The second kappa shape index (κ2) is 7.36. The molecule has 0 saturated carbocycles. The molecule has 0 aromatic heterocycles. The standard InChI is InChI=1S/C13H26N2O3/c1-6-13(14,7-2)12(17)15-10(8-9(3)4)11(16)18-5/h9-10H,6-8,14H2,1-5H3,(H,15,17). The minimum Gasteiger partial charge on any atom is -0.467 e. The molecule has 18 heavy (non-hydrogen) atoms. The van der Waals surface area contributed by atoms with Crippen LogP contribution in [0.5, 0.6) is 0 Å². The average molecular weight is 258 g/mol. The zero-order chi connectivity index (χ0) is 14.3. The third-order valence-corrected chi connectivity index (χ3v) is 3.21. The zero-order valence-electron chi connectivity index (χ0n) is 12.1. The van der Waals surface area contributed by atoms with E-state index in [1.165, 1.54) is 7.11 Å². The van der Waals surface area contributed by atoms with E-state index in [-0.39, 0.29) is 11.8 Å². The largest absolute Gasteiger partial charge is 0.467 e. The van der Waals surface area contributed by atoms with E-state index in [0.717, 1.165) is 0 Å². The molecular formula is C13H26N2O3. The smallest absolute Gasteiger partial charge is 0.328 e. The molecule has 5 nitrogen and oxygen atoms in total. The highest BCUT2D eigenvalue weighted by molar-refractivity contribution is 5.90. The van der Waals surface area contributed by atoms with Crippen molar-refractivity contribution in [2.45, 2.75) is 58.5 Å². The molecule has 0 fully saturated rings. The predicted octanol–water partition coefficient (Wildman–Crippen LogP) is 1.21. The summed E-state index contributed by atoms with van der Waals surface area (Å²) in [6.45, 7) is 7.69. The molecule has 0 aromatic carbocycles. The van der Waals surface area contributed by atoms with Gasteiger partial charge in [0.1, 0.15) is 6.04 Å². The summed E-state index contributed by atoms with van der Waals surface area (Å²) in [6.07, 6.45) is 1.61. The highest BCUT2D eigenvalue weighted by atomic mass is 16.5. The molecule has 0 aliphatic heterocycles. The molecule has 106 valence electrons. The van der Waals surface area contributed by atoms with E-state index in [2.05, 4.69) is 5.32 Å². The number of carbonyl (C=O) groups is 2. The quantitative estimate of drug-likeness (QED) is 0.672. The lowest BCUT2D eigenvalue weighted by molar-refractivity contribution is -0.146. The Balaban J connectivity index is 4.77. The first kappa shape index (κ1) is 16.9. The van der Waals surface area contributed by atoms with Gasteiger partial charge in [0.05, 0.1) is 12.6 Å². The lowest BCUT2D eigenvalue weighted by Crippen LogP contribution is -2.57. The number of methoxy groups -OCH3 is 1. The fraction of sp³-hybridized carbons (Fsp3) is 0.846. The average Bonchev–Trinajstić information content (AvgIpc) is 2.35. The van der Waals surface area contributed by atoms with E-state index in [4.69, 9.17) is 10.5 Å². The van der Waals surface area contributed by atoms with E-state index in [0.29, 0.717) is 19.3 Å². The van der Waals surface area contributed by atoms with Crippen LogP contribution in [0.15, 0.2) is 0 Å². The van der Waals surface area contributed by atoms with Crippen LogP contribution in [0.1, 0.15) is 47.0 Å². The van der Waals surface area contributed by atoms with Crippen LogP contribution in [-0.4, -0.2) is 30.6 Å². The van der Waals surface area contributed by atoms with Crippen LogP contribution < -0.4 is 11.1 Å². The van der Waals surface area contributed by atoms with Crippen molar-refractivity contribution in [3.8, 4) is 0 Å². The van der Waals surface area contributed by atoms with Crippen LogP contribution in [0.25, 0.3) is 0 Å². The first-order valence-corrected chi connectivity index (χ1v) is 6.48. The van der Waals surface area contributed by atoms with E-state index in [1.807, 2.05) is 27.7 Å². The summed E-state index contributed by atoms with van der Waals surface area (Å²) < 4.78 is 4.70. The molecular weight excluding hydrogens is 232 g/mol. The number of rotatable bonds is 7. The van der Waals surface area contributed by atoms with Gasteiger partial charge in [0, 0.05) is 0 Å². The van der Waals surface area contributed by atoms with Crippen molar-refractivity contribution >= 4 is 11.9 Å². The van der Waals surface area contributed by atoms with Crippen LogP contribution >= 0.6 is 0 Å². The van der Waals surface area contributed by atoms with Gasteiger partial charge in [-0.3, -0.25) is 4.79 Å². The summed E-state index contributed by atoms with van der Waals surface area (Å²) in [5, 5.41) is 2.70. The number of amides is 1. The number of carbonyl (C=O) groups excluding carboxylic acids is 2. The van der Waals surface area contributed by atoms with Gasteiger partial charge in [-0.25, -0.2) is 4.79 Å². The predicted molar refractivity (Wildman–Crippen MR) is 70.9 cm³/mol. The van der Waals surface area contributed by atoms with Crippen molar-refractivity contribution in [3.05, 3.63) is 0 Å². The third kappa shape index (κ3) is 4.64. The maximum absolute atomic E-state index is 12.1. The van der Waals surface area contributed by atoms with Crippen molar-refractivity contribution in [1.82, 2.24) is 5.32 Å². The first-order valence-electron chi connectivity index (χ1n) is 6.48. The van der Waals surface area contributed by atoms with Crippen LogP contribution in [0.2, 0.25) is 0 Å². The molecule has 3 N–H and O–H groups in total. The Bertz CT molecular complexity index is 286. The molecule has 5 heteroatoms. The number of esters is 1. The molecule has 0 aliphatic carbocycles. The Morgan fingerprint density at radius 3 is 2.11 bits per heavy atom. The zero-order valence-corrected chi connectivity index (χ0v) is 12.1. The lowest BCUT2D eigenvalue weighted by Gasteiger charge is -2.28. The molecule has 1 unspecified atom stereocenters. The molecule has 0 spiro atoms. The van der Waals surface area contributed by atoms with E-state index < -0.39 is 17.6 Å². The molecule has 0 saturated heterocycles. The summed E-state index contributed by atoms with van der Waals surface area (Å²) in [6, 6.07) is -0.622. The SMILES string of the molecule is CCC(N)(CC)C(=O)NC(CC(C)C)C(=O)OC. The van der Waals surface area contributed by atoms with Crippen LogP contribution in [0, 0.1) is 5.92 Å². The first-order chi connectivity index (χ1) is 8.30. The third-order valence-electron chi connectivity index (χ3n) is 3.21. The molecule has 0 aliphatic rings. The Hall–Kier alpha value is -1.10. The molecule has 1 amide bonds. The van der Waals surface area contributed by atoms with Crippen molar-refractivity contribution < 1.29 is 14.3 Å². The van der Waals surface area contributed by atoms with Gasteiger partial charge in [-0.15, -0.1) is 0 Å². The van der Waals surface area contributed by atoms with Crippen molar-refractivity contribution in [1.29, 1.82) is 0 Å². The van der Waals surface area contributed by atoms with Crippen LogP contribution in [-0.2, 0) is 14.3 Å². The van der Waals surface area contributed by atoms with Crippen LogP contribution in [0.3, 0.4) is 0 Å². The van der Waals surface area contributed by atoms with Gasteiger partial charge in [0.15, 0.2) is 0 Å². The number of hydrogen-bond acceptors (Lipinski definition) is 4. The van der Waals surface area contributed by atoms with Gasteiger partial charge in [0.25, 0.3) is 0 Å². The molecule has 0 bridgehead atoms. The van der Waals surface area contributed by atoms with Crippen LogP contribution in [0.4, 0.5) is 0 Å². The summed E-state index contributed by atoms with van der Waals surface area (Å²) >= 11 is 0. The molecule has 0 rings (SSSR count). The minimum absolute atomic E-state index is 0.282. The van der Waals surface area contributed by atoms with Gasteiger partial charge in [-0.1, -0.05) is 27.7 Å². The van der Waals surface area contributed by atoms with Gasteiger partial charge >= 0.3 is 5.97 Å². The Labute approximate surface area is 109 Å². The fourth-order valence-corrected chi connectivity index (χ4v) is 1.70. The lowest BCUT2D eigenvalue weighted by atomic mass is 9.92. The van der Waals surface area contributed by atoms with E-state index in [9.17, 15) is 9.59 Å². The Morgan fingerprint density at radius 1 is 1.28 bits per heavy atom. The number of nitrogens with two attached hydrogens (primary N) is 1. The highest BCUT2D eigenvalue weighted by Gasteiger charge is 2.33. The molecule has 0 radical (unpaired) electrons. The second-order valence-electron chi connectivity index (χ2n) is 5.04. The maximum atomic E-state index is 12.1. The number of nitrogens with one attached hydrogen (secondary N) is 1. The highest BCUT2D eigenvalue weighted by Crippen LogP contribution is 2.13. The van der Waals surface area contributed by atoms with Crippen molar-refractivity contribution in [3.63, 3.8) is 0 Å². The second-order valence-corrected chi connectivity index (χ2v) is 5.04. The van der Waals surface area contributed by atoms with Gasteiger partial charge in [0.2, 0.25) is 5.91 Å². The molecule has 0 heterocycles. The number of ether oxygens (including phenoxy) is 1. The Kier molecular flexibility index (Phi) is 6.91.